The largest absolute Gasteiger partial charge is 0.409 e. The van der Waals surface area contributed by atoms with E-state index in [0.717, 1.165) is 6.42 Å². The Morgan fingerprint density at radius 3 is 2.81 bits per heavy atom. The smallest absolute Gasteiger partial charge is 0.344 e. The second-order valence-corrected chi connectivity index (χ2v) is 6.24. The molecule has 1 saturated heterocycles. The van der Waals surface area contributed by atoms with Crippen LogP contribution in [0.15, 0.2) is 36.4 Å². The van der Waals surface area contributed by atoms with Crippen LogP contribution in [-0.2, 0) is 9.53 Å². The number of aliphatic hydroxyl groups is 1. The van der Waals surface area contributed by atoms with Gasteiger partial charge in [0.05, 0.1) is 23.1 Å². The highest BCUT2D eigenvalue weighted by molar-refractivity contribution is 6.08. The number of fused-ring (bicyclic) bond motifs is 9. The third-order valence-corrected chi connectivity index (χ3v) is 5.33. The second-order valence-electron chi connectivity index (χ2n) is 6.24. The number of allylic oxidation sites excluding steroid dienone is 2. The summed E-state index contributed by atoms with van der Waals surface area (Å²) in [5.74, 6) is -2.95. The third-order valence-electron chi connectivity index (χ3n) is 5.33. The zero-order valence-corrected chi connectivity index (χ0v) is 11.1. The van der Waals surface area contributed by atoms with Gasteiger partial charge in [-0.15, -0.1) is 0 Å². The summed E-state index contributed by atoms with van der Waals surface area (Å²) in [6, 6.07) is 6.78. The molecule has 1 N–H and O–H groups in total. The molecular formula is C16H13NO4. The van der Waals surface area contributed by atoms with Crippen molar-refractivity contribution in [2.75, 3.05) is 4.90 Å². The van der Waals surface area contributed by atoms with Crippen LogP contribution in [0.4, 0.5) is 5.69 Å². The van der Waals surface area contributed by atoms with Crippen LogP contribution in [-0.4, -0.2) is 22.9 Å². The molecule has 21 heavy (non-hydrogen) atoms. The monoisotopic (exact) mass is 283 g/mol. The van der Waals surface area contributed by atoms with Crippen LogP contribution >= 0.6 is 0 Å². The quantitative estimate of drug-likeness (QED) is 0.575. The molecule has 0 radical (unpaired) electrons. The molecule has 1 aromatic carbocycles. The number of para-hydroxylation sites is 1. The zero-order valence-electron chi connectivity index (χ0n) is 11.1. The van der Waals surface area contributed by atoms with E-state index in [2.05, 4.69) is 6.08 Å². The Morgan fingerprint density at radius 2 is 1.95 bits per heavy atom. The van der Waals surface area contributed by atoms with E-state index in [1.54, 1.807) is 24.3 Å². The number of esters is 1. The van der Waals surface area contributed by atoms with Gasteiger partial charge in [-0.2, -0.15) is 0 Å². The van der Waals surface area contributed by atoms with Crippen LogP contribution in [0.2, 0.25) is 0 Å². The molecule has 2 bridgehead atoms. The Morgan fingerprint density at radius 1 is 1.19 bits per heavy atom. The molecule has 5 heteroatoms. The van der Waals surface area contributed by atoms with Crippen LogP contribution in [0, 0.1) is 23.7 Å². The van der Waals surface area contributed by atoms with Crippen LogP contribution < -0.4 is 4.90 Å². The number of carbonyl (C=O) groups is 2. The van der Waals surface area contributed by atoms with Crippen molar-refractivity contribution >= 4 is 17.6 Å². The Labute approximate surface area is 120 Å². The van der Waals surface area contributed by atoms with Crippen molar-refractivity contribution in [2.24, 2.45) is 23.7 Å². The molecule has 0 unspecified atom stereocenters. The standard InChI is InChI=1S/C16H13NO4/c18-14-12-8-5-6-9(7-8)13(12)16(20)17(14)11-4-2-1-3-10(11)15(19)21-16/h1-6,8-9,12-13,20H,7H2/t8-,9-,12-,13+,16+/m0/s1. The van der Waals surface area contributed by atoms with Crippen molar-refractivity contribution in [1.82, 2.24) is 0 Å². The van der Waals surface area contributed by atoms with Gasteiger partial charge in [-0.3, -0.25) is 4.79 Å². The lowest BCUT2D eigenvalue weighted by molar-refractivity contribution is -0.196. The van der Waals surface area contributed by atoms with Gasteiger partial charge in [0, 0.05) is 0 Å². The summed E-state index contributed by atoms with van der Waals surface area (Å²) in [5.41, 5.74) is 0.783. The van der Waals surface area contributed by atoms with Crippen molar-refractivity contribution < 1.29 is 19.4 Å². The highest BCUT2D eigenvalue weighted by Gasteiger charge is 2.70. The SMILES string of the molecule is O=C1O[C@]2(O)[C@H]3[C@@H](C(=O)N2c2ccccc21)[C@H]1C=C[C@H]3C1. The van der Waals surface area contributed by atoms with Gasteiger partial charge in [-0.1, -0.05) is 24.3 Å². The van der Waals surface area contributed by atoms with Crippen molar-refractivity contribution in [3.63, 3.8) is 0 Å². The van der Waals surface area contributed by atoms with Crippen LogP contribution in [0.3, 0.4) is 0 Å². The van der Waals surface area contributed by atoms with E-state index in [1.807, 2.05) is 6.08 Å². The number of rotatable bonds is 0. The number of nitrogens with zero attached hydrogens (tertiary/aromatic N) is 1. The third kappa shape index (κ3) is 1.14. The maximum atomic E-state index is 12.8. The molecule has 5 nitrogen and oxygen atoms in total. The van der Waals surface area contributed by atoms with Crippen molar-refractivity contribution in [1.29, 1.82) is 0 Å². The highest BCUT2D eigenvalue weighted by Crippen LogP contribution is 2.60. The Kier molecular flexibility index (Phi) is 1.84. The van der Waals surface area contributed by atoms with Crippen LogP contribution in [0.25, 0.3) is 0 Å². The number of hydrogen-bond acceptors (Lipinski definition) is 4. The molecule has 106 valence electrons. The maximum absolute atomic E-state index is 12.8. The number of benzene rings is 1. The second kappa shape index (κ2) is 3.36. The maximum Gasteiger partial charge on any atom is 0.344 e. The first kappa shape index (κ1) is 11.5. The first-order valence-electron chi connectivity index (χ1n) is 7.18. The first-order valence-corrected chi connectivity index (χ1v) is 7.18. The predicted octanol–water partition coefficient (Wildman–Crippen LogP) is 1.29. The molecule has 1 aromatic rings. The van der Waals surface area contributed by atoms with Gasteiger partial charge in [0.1, 0.15) is 0 Å². The van der Waals surface area contributed by atoms with Crippen LogP contribution in [0.5, 0.6) is 0 Å². The van der Waals surface area contributed by atoms with Crippen LogP contribution in [0.1, 0.15) is 16.8 Å². The summed E-state index contributed by atoms with van der Waals surface area (Å²) < 4.78 is 5.35. The minimum absolute atomic E-state index is 0.0945. The summed E-state index contributed by atoms with van der Waals surface area (Å²) in [4.78, 5) is 26.3. The van der Waals surface area contributed by atoms with Gasteiger partial charge in [0.15, 0.2) is 0 Å². The molecule has 2 aliphatic carbocycles. The summed E-state index contributed by atoms with van der Waals surface area (Å²) in [6.45, 7) is 0. The number of amides is 1. The molecule has 5 atom stereocenters. The molecule has 5 rings (SSSR count). The molecule has 2 fully saturated rings. The Balaban J connectivity index is 1.74. The van der Waals surface area contributed by atoms with E-state index in [1.165, 1.54) is 4.90 Å². The van der Waals surface area contributed by atoms with Crippen molar-refractivity contribution in [2.45, 2.75) is 12.3 Å². The average Bonchev–Trinajstić information content (AvgIpc) is 3.12. The summed E-state index contributed by atoms with van der Waals surface area (Å²) in [5, 5.41) is 11.0. The van der Waals surface area contributed by atoms with E-state index < -0.39 is 11.9 Å². The topological polar surface area (TPSA) is 66.8 Å². The lowest BCUT2D eigenvalue weighted by Gasteiger charge is -2.41. The van der Waals surface area contributed by atoms with Gasteiger partial charge in [-0.25, -0.2) is 9.69 Å². The molecule has 0 aromatic heterocycles. The van der Waals surface area contributed by atoms with E-state index in [0.29, 0.717) is 11.3 Å². The van der Waals surface area contributed by atoms with Gasteiger partial charge in [0.25, 0.3) is 0 Å². The number of hydrogen-bond donors (Lipinski definition) is 1. The summed E-state index contributed by atoms with van der Waals surface area (Å²) in [6.07, 6.45) is 4.95. The fourth-order valence-electron chi connectivity index (χ4n) is 4.57. The van der Waals surface area contributed by atoms with E-state index >= 15 is 0 Å². The molecule has 2 heterocycles. The minimum atomic E-state index is -1.84. The van der Waals surface area contributed by atoms with Gasteiger partial charge in [0.2, 0.25) is 5.91 Å². The zero-order chi connectivity index (χ0) is 14.4. The molecule has 0 spiro atoms. The lowest BCUT2D eigenvalue weighted by Crippen LogP contribution is -2.57. The molecule has 4 aliphatic rings. The fraction of sp³-hybridized carbons (Fsp3) is 0.375. The Hall–Kier alpha value is -2.14. The normalized spacial score (nSPS) is 41.9. The molecule has 1 saturated carbocycles. The Bertz CT molecular complexity index is 727. The number of anilines is 1. The van der Waals surface area contributed by atoms with Crippen molar-refractivity contribution in [3.05, 3.63) is 42.0 Å². The minimum Gasteiger partial charge on any atom is -0.409 e. The average molecular weight is 283 g/mol. The molecular weight excluding hydrogens is 270 g/mol. The highest BCUT2D eigenvalue weighted by atomic mass is 16.7. The van der Waals surface area contributed by atoms with E-state index in [4.69, 9.17) is 4.74 Å². The van der Waals surface area contributed by atoms with Crippen molar-refractivity contribution in [3.8, 4) is 0 Å². The van der Waals surface area contributed by atoms with Gasteiger partial charge in [-0.05, 0) is 30.4 Å². The molecule has 1 amide bonds. The number of ether oxygens (including phenoxy) is 1. The van der Waals surface area contributed by atoms with Gasteiger partial charge < -0.3 is 9.84 Å². The predicted molar refractivity (Wildman–Crippen MR) is 72.0 cm³/mol. The van der Waals surface area contributed by atoms with Gasteiger partial charge >= 0.3 is 11.9 Å². The number of carbonyl (C=O) groups excluding carboxylic acids is 2. The first-order chi connectivity index (χ1) is 10.1. The summed E-state index contributed by atoms with van der Waals surface area (Å²) in [7, 11) is 0. The van der Waals surface area contributed by atoms with E-state index in [-0.39, 0.29) is 29.6 Å². The molecule has 2 aliphatic heterocycles. The lowest BCUT2D eigenvalue weighted by atomic mass is 9.83. The summed E-state index contributed by atoms with van der Waals surface area (Å²) >= 11 is 0. The van der Waals surface area contributed by atoms with E-state index in [9.17, 15) is 14.7 Å². The fourth-order valence-corrected chi connectivity index (χ4v) is 4.57.